The lowest BCUT2D eigenvalue weighted by Gasteiger charge is -2.26. The van der Waals surface area contributed by atoms with Gasteiger partial charge in [-0.05, 0) is 25.1 Å². The van der Waals surface area contributed by atoms with Crippen LogP contribution in [0.25, 0.3) is 0 Å². The van der Waals surface area contributed by atoms with Crippen LogP contribution in [0.1, 0.15) is 16.9 Å². The Bertz CT molecular complexity index is 369. The Morgan fingerprint density at radius 1 is 1.37 bits per heavy atom. The third kappa shape index (κ3) is 5.55. The van der Waals surface area contributed by atoms with Crippen molar-refractivity contribution in [1.29, 1.82) is 0 Å². The van der Waals surface area contributed by atoms with Gasteiger partial charge in [-0.15, -0.1) is 12.4 Å². The zero-order valence-electron chi connectivity index (χ0n) is 10.9. The van der Waals surface area contributed by atoms with E-state index >= 15 is 0 Å². The zero-order valence-corrected chi connectivity index (χ0v) is 11.7. The number of amides is 1. The SMILES string of the molecule is Cl.O=C(NCCCN1CCOCC1)c1ccccn1. The van der Waals surface area contributed by atoms with Crippen molar-refractivity contribution in [3.05, 3.63) is 30.1 Å². The van der Waals surface area contributed by atoms with Gasteiger partial charge in [0.05, 0.1) is 13.2 Å². The summed E-state index contributed by atoms with van der Waals surface area (Å²) in [7, 11) is 0. The molecule has 106 valence electrons. The molecule has 1 aromatic rings. The maximum atomic E-state index is 11.7. The maximum absolute atomic E-state index is 11.7. The number of hydrogen-bond donors (Lipinski definition) is 1. The van der Waals surface area contributed by atoms with Gasteiger partial charge in [0.1, 0.15) is 5.69 Å². The Hall–Kier alpha value is -1.17. The van der Waals surface area contributed by atoms with Crippen molar-refractivity contribution in [3.63, 3.8) is 0 Å². The minimum atomic E-state index is -0.0995. The van der Waals surface area contributed by atoms with Crippen molar-refractivity contribution >= 4 is 18.3 Å². The van der Waals surface area contributed by atoms with E-state index in [9.17, 15) is 4.79 Å². The van der Waals surface area contributed by atoms with Crippen LogP contribution in [0.3, 0.4) is 0 Å². The van der Waals surface area contributed by atoms with Gasteiger partial charge in [0.25, 0.3) is 5.91 Å². The molecule has 0 radical (unpaired) electrons. The fourth-order valence-corrected chi connectivity index (χ4v) is 1.92. The Kier molecular flexibility index (Phi) is 7.40. The second kappa shape index (κ2) is 8.85. The summed E-state index contributed by atoms with van der Waals surface area (Å²) in [6.45, 7) is 5.32. The third-order valence-electron chi connectivity index (χ3n) is 2.94. The van der Waals surface area contributed by atoms with Crippen molar-refractivity contribution in [2.24, 2.45) is 0 Å². The summed E-state index contributed by atoms with van der Waals surface area (Å²) in [5.74, 6) is -0.0995. The van der Waals surface area contributed by atoms with Crippen LogP contribution in [-0.4, -0.2) is 55.2 Å². The summed E-state index contributed by atoms with van der Waals surface area (Å²) < 4.78 is 5.28. The molecule has 0 aliphatic carbocycles. The maximum Gasteiger partial charge on any atom is 0.269 e. The Balaban J connectivity index is 0.00000180. The van der Waals surface area contributed by atoms with Crippen LogP contribution in [0.4, 0.5) is 0 Å². The molecule has 0 saturated carbocycles. The lowest BCUT2D eigenvalue weighted by Crippen LogP contribution is -2.38. The van der Waals surface area contributed by atoms with E-state index < -0.39 is 0 Å². The van der Waals surface area contributed by atoms with E-state index in [0.29, 0.717) is 12.2 Å². The molecule has 2 rings (SSSR count). The summed E-state index contributed by atoms with van der Waals surface area (Å²) in [6, 6.07) is 5.34. The minimum absolute atomic E-state index is 0. The molecule has 6 heteroatoms. The average Bonchev–Trinajstić information content (AvgIpc) is 2.45. The summed E-state index contributed by atoms with van der Waals surface area (Å²) in [6.07, 6.45) is 2.58. The quantitative estimate of drug-likeness (QED) is 0.819. The van der Waals surface area contributed by atoms with Crippen molar-refractivity contribution in [3.8, 4) is 0 Å². The highest BCUT2D eigenvalue weighted by Crippen LogP contribution is 1.98. The molecule has 0 aromatic carbocycles. The highest BCUT2D eigenvalue weighted by Gasteiger charge is 2.10. The van der Waals surface area contributed by atoms with Gasteiger partial charge in [0.15, 0.2) is 0 Å². The molecule has 0 spiro atoms. The van der Waals surface area contributed by atoms with Crippen molar-refractivity contribution < 1.29 is 9.53 Å². The number of morpholine rings is 1. The van der Waals surface area contributed by atoms with Gasteiger partial charge in [-0.3, -0.25) is 14.7 Å². The molecule has 0 atom stereocenters. The molecule has 0 bridgehead atoms. The normalized spacial score (nSPS) is 15.6. The second-order valence-corrected chi connectivity index (χ2v) is 4.28. The van der Waals surface area contributed by atoms with Crippen molar-refractivity contribution in [1.82, 2.24) is 15.2 Å². The molecule has 2 heterocycles. The molecule has 1 saturated heterocycles. The Morgan fingerprint density at radius 2 is 2.16 bits per heavy atom. The predicted molar refractivity (Wildman–Crippen MR) is 75.7 cm³/mol. The highest BCUT2D eigenvalue weighted by molar-refractivity contribution is 5.92. The topological polar surface area (TPSA) is 54.5 Å². The second-order valence-electron chi connectivity index (χ2n) is 4.28. The van der Waals surface area contributed by atoms with Crippen molar-refractivity contribution in [2.45, 2.75) is 6.42 Å². The number of rotatable bonds is 5. The van der Waals surface area contributed by atoms with E-state index in [2.05, 4.69) is 15.2 Å². The van der Waals surface area contributed by atoms with Crippen LogP contribution in [0.15, 0.2) is 24.4 Å². The number of carbonyl (C=O) groups is 1. The molecular formula is C13H20ClN3O2. The van der Waals surface area contributed by atoms with Gasteiger partial charge in [-0.1, -0.05) is 6.07 Å². The molecular weight excluding hydrogens is 266 g/mol. The molecule has 0 unspecified atom stereocenters. The average molecular weight is 286 g/mol. The largest absolute Gasteiger partial charge is 0.379 e. The molecule has 1 aliphatic rings. The van der Waals surface area contributed by atoms with E-state index in [-0.39, 0.29) is 18.3 Å². The Labute approximate surface area is 119 Å². The molecule has 1 aliphatic heterocycles. The molecule has 1 aromatic heterocycles. The summed E-state index contributed by atoms with van der Waals surface area (Å²) in [5.41, 5.74) is 0.476. The Morgan fingerprint density at radius 3 is 2.84 bits per heavy atom. The van der Waals surface area contributed by atoms with E-state index in [1.165, 1.54) is 0 Å². The predicted octanol–water partition coefficient (Wildman–Crippen LogP) is 0.955. The van der Waals surface area contributed by atoms with Gasteiger partial charge >= 0.3 is 0 Å². The molecule has 1 amide bonds. The van der Waals surface area contributed by atoms with Crippen molar-refractivity contribution in [2.75, 3.05) is 39.4 Å². The lowest BCUT2D eigenvalue weighted by molar-refractivity contribution is 0.0374. The number of nitrogens with one attached hydrogen (secondary N) is 1. The van der Waals surface area contributed by atoms with E-state index in [1.54, 1.807) is 18.3 Å². The summed E-state index contributed by atoms with van der Waals surface area (Å²) in [5, 5.41) is 2.88. The zero-order chi connectivity index (χ0) is 12.6. The lowest BCUT2D eigenvalue weighted by atomic mass is 10.3. The fourth-order valence-electron chi connectivity index (χ4n) is 1.92. The first kappa shape index (κ1) is 15.9. The number of ether oxygens (including phenoxy) is 1. The number of aromatic nitrogens is 1. The van der Waals surface area contributed by atoms with Gasteiger partial charge in [-0.2, -0.15) is 0 Å². The summed E-state index contributed by atoms with van der Waals surface area (Å²) >= 11 is 0. The van der Waals surface area contributed by atoms with E-state index in [0.717, 1.165) is 39.3 Å². The first-order valence-corrected chi connectivity index (χ1v) is 6.35. The first-order chi connectivity index (χ1) is 8.86. The highest BCUT2D eigenvalue weighted by atomic mass is 35.5. The van der Waals surface area contributed by atoms with Gasteiger partial charge in [-0.25, -0.2) is 0 Å². The number of halogens is 1. The van der Waals surface area contributed by atoms with Crippen LogP contribution in [0.2, 0.25) is 0 Å². The number of pyridine rings is 1. The van der Waals surface area contributed by atoms with Crippen LogP contribution in [0.5, 0.6) is 0 Å². The third-order valence-corrected chi connectivity index (χ3v) is 2.94. The minimum Gasteiger partial charge on any atom is -0.379 e. The number of carbonyl (C=O) groups excluding carboxylic acids is 1. The van der Waals surface area contributed by atoms with Gasteiger partial charge in [0, 0.05) is 25.8 Å². The van der Waals surface area contributed by atoms with Crippen LogP contribution in [0, 0.1) is 0 Å². The smallest absolute Gasteiger partial charge is 0.269 e. The molecule has 1 fully saturated rings. The van der Waals surface area contributed by atoms with Crippen LogP contribution < -0.4 is 5.32 Å². The van der Waals surface area contributed by atoms with E-state index in [1.807, 2.05) is 6.07 Å². The first-order valence-electron chi connectivity index (χ1n) is 6.35. The molecule has 19 heavy (non-hydrogen) atoms. The van der Waals surface area contributed by atoms with Crippen LogP contribution in [-0.2, 0) is 4.74 Å². The van der Waals surface area contributed by atoms with Gasteiger partial charge in [0.2, 0.25) is 0 Å². The molecule has 1 N–H and O–H groups in total. The fraction of sp³-hybridized carbons (Fsp3) is 0.538. The standard InChI is InChI=1S/C13H19N3O2.ClH/c17-13(12-4-1-2-5-14-12)15-6-3-7-16-8-10-18-11-9-16;/h1-2,4-5H,3,6-11H2,(H,15,17);1H. The van der Waals surface area contributed by atoms with Crippen LogP contribution >= 0.6 is 12.4 Å². The summed E-state index contributed by atoms with van der Waals surface area (Å²) in [4.78, 5) is 18.1. The number of hydrogen-bond acceptors (Lipinski definition) is 4. The van der Waals surface area contributed by atoms with Gasteiger partial charge < -0.3 is 10.1 Å². The molecule has 5 nitrogen and oxygen atoms in total. The van der Waals surface area contributed by atoms with E-state index in [4.69, 9.17) is 4.74 Å². The number of nitrogens with zero attached hydrogens (tertiary/aromatic N) is 2. The monoisotopic (exact) mass is 285 g/mol.